The van der Waals surface area contributed by atoms with Crippen molar-refractivity contribution in [2.75, 3.05) is 0 Å². The van der Waals surface area contributed by atoms with E-state index in [0.29, 0.717) is 32.1 Å². The Labute approximate surface area is 202 Å². The van der Waals surface area contributed by atoms with Crippen LogP contribution >= 0.6 is 0 Å². The van der Waals surface area contributed by atoms with Crippen LogP contribution in [-0.4, -0.2) is 56.8 Å². The third kappa shape index (κ3) is 7.39. The van der Waals surface area contributed by atoms with Gasteiger partial charge in [0.1, 0.15) is 6.10 Å². The molecule has 7 atom stereocenters. The Morgan fingerprint density at radius 2 is 1.88 bits per heavy atom. The Morgan fingerprint density at radius 1 is 1.24 bits per heavy atom. The van der Waals surface area contributed by atoms with Crippen molar-refractivity contribution >= 4 is 11.9 Å². The summed E-state index contributed by atoms with van der Waals surface area (Å²) >= 11 is 0. The summed E-state index contributed by atoms with van der Waals surface area (Å²) in [5.41, 5.74) is 0.145. The van der Waals surface area contributed by atoms with Crippen LogP contribution in [0.5, 0.6) is 0 Å². The lowest BCUT2D eigenvalue weighted by atomic mass is 9.66. The monoisotopic (exact) mass is 476 g/mol. The topological polar surface area (TPSA) is 124 Å². The standard InChI is InChI=1S/C27H40O7/c1-5-11-27(4,12-6-2)26(33)34-23-15-20(29)13-18-8-7-17(3)22(25(18)23)10-9-19(28)14-21(30)16-24(31)32/h5-8,13,17,19-23,25,28-30H,1-2,9-12,14-16H2,3-4H3,(H,31,32)/t17-,19+,20+,21+,22-,23-,25-/m0/s1. The Balaban J connectivity index is 2.18. The number of rotatable bonds is 13. The molecule has 2 aliphatic rings. The first-order chi connectivity index (χ1) is 16.0. The molecule has 0 spiro atoms. The molecule has 0 aromatic rings. The minimum atomic E-state index is -1.11. The Morgan fingerprint density at radius 3 is 2.47 bits per heavy atom. The predicted octanol–water partition coefficient (Wildman–Crippen LogP) is 3.55. The van der Waals surface area contributed by atoms with Crippen molar-refractivity contribution in [2.24, 2.45) is 23.2 Å². The first-order valence-electron chi connectivity index (χ1n) is 12.1. The van der Waals surface area contributed by atoms with Crippen molar-refractivity contribution < 1.29 is 34.8 Å². The van der Waals surface area contributed by atoms with Gasteiger partial charge in [0.15, 0.2) is 0 Å². The number of aliphatic hydroxyl groups is 3. The van der Waals surface area contributed by atoms with E-state index >= 15 is 0 Å². The fourth-order valence-electron chi connectivity index (χ4n) is 5.26. The van der Waals surface area contributed by atoms with Crippen molar-refractivity contribution in [1.82, 2.24) is 0 Å². The van der Waals surface area contributed by atoms with Crippen LogP contribution in [0.25, 0.3) is 0 Å². The summed E-state index contributed by atoms with van der Waals surface area (Å²) in [6.45, 7) is 11.4. The van der Waals surface area contributed by atoms with Gasteiger partial charge in [0, 0.05) is 12.3 Å². The zero-order valence-corrected chi connectivity index (χ0v) is 20.3. The molecule has 0 amide bonds. The molecule has 0 aliphatic heterocycles. The first kappa shape index (κ1) is 28.0. The lowest BCUT2D eigenvalue weighted by Crippen LogP contribution is -2.44. The summed E-state index contributed by atoms with van der Waals surface area (Å²) < 4.78 is 6.06. The molecular weight excluding hydrogens is 436 g/mol. The van der Waals surface area contributed by atoms with E-state index < -0.39 is 42.2 Å². The minimum absolute atomic E-state index is 0.00477. The van der Waals surface area contributed by atoms with Gasteiger partial charge < -0.3 is 25.2 Å². The molecule has 2 rings (SSSR count). The second-order valence-corrected chi connectivity index (χ2v) is 10.1. The number of carboxylic acids is 1. The number of hydrogen-bond acceptors (Lipinski definition) is 6. The van der Waals surface area contributed by atoms with Crippen molar-refractivity contribution in [3.8, 4) is 0 Å². The Bertz CT molecular complexity index is 789. The predicted molar refractivity (Wildman–Crippen MR) is 130 cm³/mol. The fourth-order valence-corrected chi connectivity index (χ4v) is 5.26. The number of carboxylic acid groups (broad SMARTS) is 1. The molecule has 0 fully saturated rings. The minimum Gasteiger partial charge on any atom is -0.481 e. The normalized spacial score (nSPS) is 28.3. The maximum absolute atomic E-state index is 13.2. The van der Waals surface area contributed by atoms with Crippen LogP contribution in [0.3, 0.4) is 0 Å². The van der Waals surface area contributed by atoms with E-state index in [1.807, 2.05) is 19.1 Å². The van der Waals surface area contributed by atoms with Crippen LogP contribution in [-0.2, 0) is 14.3 Å². The van der Waals surface area contributed by atoms with Gasteiger partial charge in [0.25, 0.3) is 0 Å². The average Bonchev–Trinajstić information content (AvgIpc) is 2.72. The third-order valence-electron chi connectivity index (χ3n) is 7.10. The average molecular weight is 477 g/mol. The number of allylic oxidation sites excluding steroid dienone is 4. The lowest BCUT2D eigenvalue weighted by molar-refractivity contribution is -0.166. The van der Waals surface area contributed by atoms with Gasteiger partial charge in [-0.2, -0.15) is 0 Å². The number of carbonyl (C=O) groups is 2. The van der Waals surface area contributed by atoms with E-state index in [2.05, 4.69) is 26.2 Å². The van der Waals surface area contributed by atoms with E-state index in [9.17, 15) is 24.9 Å². The molecule has 0 heterocycles. The largest absolute Gasteiger partial charge is 0.481 e. The quantitative estimate of drug-likeness (QED) is 0.237. The van der Waals surface area contributed by atoms with Gasteiger partial charge in [0.05, 0.1) is 30.1 Å². The summed E-state index contributed by atoms with van der Waals surface area (Å²) in [5, 5.41) is 39.5. The maximum atomic E-state index is 13.2. The van der Waals surface area contributed by atoms with Crippen LogP contribution < -0.4 is 0 Å². The maximum Gasteiger partial charge on any atom is 0.312 e. The van der Waals surface area contributed by atoms with E-state index in [-0.39, 0.29) is 30.1 Å². The number of hydrogen-bond donors (Lipinski definition) is 4. The lowest BCUT2D eigenvalue weighted by Gasteiger charge is -2.43. The molecule has 0 unspecified atom stereocenters. The molecule has 4 N–H and O–H groups in total. The molecule has 34 heavy (non-hydrogen) atoms. The highest BCUT2D eigenvalue weighted by Gasteiger charge is 2.44. The fraction of sp³-hybridized carbons (Fsp3) is 0.630. The molecule has 2 aliphatic carbocycles. The van der Waals surface area contributed by atoms with Gasteiger partial charge in [-0.1, -0.05) is 37.3 Å². The van der Waals surface area contributed by atoms with Gasteiger partial charge in [-0.15, -0.1) is 13.2 Å². The third-order valence-corrected chi connectivity index (χ3v) is 7.10. The van der Waals surface area contributed by atoms with Crippen LogP contribution in [0.4, 0.5) is 0 Å². The highest BCUT2D eigenvalue weighted by atomic mass is 16.5. The van der Waals surface area contributed by atoms with Crippen LogP contribution in [0, 0.1) is 23.2 Å². The summed E-state index contributed by atoms with van der Waals surface area (Å²) in [6.07, 6.45) is 7.87. The smallest absolute Gasteiger partial charge is 0.312 e. The van der Waals surface area contributed by atoms with E-state index in [4.69, 9.17) is 9.84 Å². The van der Waals surface area contributed by atoms with Crippen molar-refractivity contribution in [3.05, 3.63) is 49.1 Å². The zero-order valence-electron chi connectivity index (χ0n) is 20.3. The molecule has 0 aromatic carbocycles. The van der Waals surface area contributed by atoms with E-state index in [1.165, 1.54) is 0 Å². The Hall–Kier alpha value is -2.22. The van der Waals surface area contributed by atoms with Crippen molar-refractivity contribution in [1.29, 1.82) is 0 Å². The number of carbonyl (C=O) groups excluding carboxylic acids is 1. The number of esters is 1. The van der Waals surface area contributed by atoms with E-state index in [0.717, 1.165) is 5.57 Å². The van der Waals surface area contributed by atoms with Crippen LogP contribution in [0.1, 0.15) is 58.8 Å². The molecule has 0 saturated carbocycles. The van der Waals surface area contributed by atoms with Gasteiger partial charge in [-0.25, -0.2) is 0 Å². The molecule has 0 bridgehead atoms. The van der Waals surface area contributed by atoms with E-state index in [1.54, 1.807) is 12.2 Å². The molecular formula is C27H40O7. The first-order valence-corrected chi connectivity index (χ1v) is 12.1. The second-order valence-electron chi connectivity index (χ2n) is 10.1. The van der Waals surface area contributed by atoms with Crippen molar-refractivity contribution in [3.63, 3.8) is 0 Å². The van der Waals surface area contributed by atoms with Crippen molar-refractivity contribution in [2.45, 2.75) is 83.2 Å². The SMILES string of the molecule is C=CCC(C)(CC=C)C(=O)O[C@H]1C[C@H](O)C=C2C=C[C@H](C)[C@H](CC[C@@H](O)C[C@@H](O)CC(=O)O)[C@H]21. The van der Waals surface area contributed by atoms with Gasteiger partial charge >= 0.3 is 11.9 Å². The van der Waals surface area contributed by atoms with Crippen LogP contribution in [0.15, 0.2) is 49.1 Å². The summed E-state index contributed by atoms with van der Waals surface area (Å²) in [7, 11) is 0. The number of aliphatic carboxylic acids is 1. The number of ether oxygens (including phenoxy) is 1. The molecule has 0 radical (unpaired) electrons. The second kappa shape index (κ2) is 12.5. The molecule has 7 nitrogen and oxygen atoms in total. The summed E-state index contributed by atoms with van der Waals surface area (Å²) in [5.74, 6) is -1.37. The number of fused-ring (bicyclic) bond motifs is 1. The van der Waals surface area contributed by atoms with Gasteiger partial charge in [0.2, 0.25) is 0 Å². The summed E-state index contributed by atoms with van der Waals surface area (Å²) in [6, 6.07) is 0. The highest BCUT2D eigenvalue weighted by molar-refractivity contribution is 5.77. The highest BCUT2D eigenvalue weighted by Crippen LogP contribution is 2.44. The zero-order chi connectivity index (χ0) is 25.5. The Kier molecular flexibility index (Phi) is 10.3. The molecule has 0 saturated heterocycles. The number of aliphatic hydroxyl groups excluding tert-OH is 3. The molecule has 190 valence electrons. The molecule has 7 heteroatoms. The van der Waals surface area contributed by atoms with Gasteiger partial charge in [-0.3, -0.25) is 9.59 Å². The summed E-state index contributed by atoms with van der Waals surface area (Å²) in [4.78, 5) is 24.0. The molecule has 0 aromatic heterocycles. The van der Waals surface area contributed by atoms with Crippen LogP contribution in [0.2, 0.25) is 0 Å². The van der Waals surface area contributed by atoms with Gasteiger partial charge in [-0.05, 0) is 56.4 Å².